The number of nitrogens with one attached hydrogen (secondary N) is 1. The molecule has 2 aromatic rings. The summed E-state index contributed by atoms with van der Waals surface area (Å²) >= 11 is 7.58. The SMILES string of the molecule is CC(C)(C)NCc1cc(Cl)ccc1Sc1ncco1. The molecule has 0 amide bonds. The molecule has 2 rings (SSSR count). The fourth-order valence-corrected chi connectivity index (χ4v) is 2.50. The van der Waals surface area contributed by atoms with Crippen molar-refractivity contribution < 1.29 is 4.42 Å². The minimum absolute atomic E-state index is 0.0627. The molecule has 19 heavy (non-hydrogen) atoms. The number of hydrogen-bond acceptors (Lipinski definition) is 4. The highest BCUT2D eigenvalue weighted by atomic mass is 35.5. The molecule has 1 N–H and O–H groups in total. The fourth-order valence-electron chi connectivity index (χ4n) is 1.50. The summed E-state index contributed by atoms with van der Waals surface area (Å²) < 4.78 is 5.27. The highest BCUT2D eigenvalue weighted by Gasteiger charge is 2.12. The highest BCUT2D eigenvalue weighted by Crippen LogP contribution is 2.31. The molecular weight excluding hydrogens is 280 g/mol. The second-order valence-corrected chi connectivity index (χ2v) is 6.69. The molecule has 0 bridgehead atoms. The van der Waals surface area contributed by atoms with Crippen LogP contribution in [0.25, 0.3) is 0 Å². The van der Waals surface area contributed by atoms with E-state index in [2.05, 4.69) is 31.1 Å². The molecule has 102 valence electrons. The molecule has 0 spiro atoms. The molecule has 0 atom stereocenters. The van der Waals surface area contributed by atoms with Crippen LogP contribution < -0.4 is 5.32 Å². The van der Waals surface area contributed by atoms with Crippen molar-refractivity contribution in [2.45, 2.75) is 43.0 Å². The van der Waals surface area contributed by atoms with Crippen LogP contribution in [0.4, 0.5) is 0 Å². The van der Waals surface area contributed by atoms with Crippen molar-refractivity contribution in [1.82, 2.24) is 10.3 Å². The Morgan fingerprint density at radius 2 is 2.16 bits per heavy atom. The summed E-state index contributed by atoms with van der Waals surface area (Å²) in [6, 6.07) is 5.86. The van der Waals surface area contributed by atoms with E-state index in [1.165, 1.54) is 11.8 Å². The Hall–Kier alpha value is -0.970. The number of benzene rings is 1. The predicted molar refractivity (Wildman–Crippen MR) is 78.7 cm³/mol. The third-order valence-electron chi connectivity index (χ3n) is 2.44. The molecule has 3 nitrogen and oxygen atoms in total. The molecule has 1 heterocycles. The molecule has 0 radical (unpaired) electrons. The summed E-state index contributed by atoms with van der Waals surface area (Å²) in [6.45, 7) is 7.17. The lowest BCUT2D eigenvalue weighted by Crippen LogP contribution is -2.35. The quantitative estimate of drug-likeness (QED) is 0.909. The second-order valence-electron chi connectivity index (χ2n) is 5.26. The Balaban J connectivity index is 2.18. The van der Waals surface area contributed by atoms with Gasteiger partial charge < -0.3 is 9.73 Å². The maximum Gasteiger partial charge on any atom is 0.260 e. The number of halogens is 1. The van der Waals surface area contributed by atoms with Crippen LogP contribution in [0.5, 0.6) is 0 Å². The van der Waals surface area contributed by atoms with Crippen LogP contribution >= 0.6 is 23.4 Å². The molecule has 0 aliphatic carbocycles. The van der Waals surface area contributed by atoms with Gasteiger partial charge in [-0.1, -0.05) is 11.6 Å². The van der Waals surface area contributed by atoms with Crippen LogP contribution in [0, 0.1) is 0 Å². The van der Waals surface area contributed by atoms with Crippen LogP contribution in [0.2, 0.25) is 5.02 Å². The molecule has 1 aromatic heterocycles. The lowest BCUT2D eigenvalue weighted by molar-refractivity contribution is 0.422. The third-order valence-corrected chi connectivity index (χ3v) is 3.67. The van der Waals surface area contributed by atoms with Gasteiger partial charge in [0.05, 0.1) is 6.20 Å². The molecule has 1 aromatic carbocycles. The minimum Gasteiger partial charge on any atom is -0.440 e. The van der Waals surface area contributed by atoms with Crippen molar-refractivity contribution in [3.63, 3.8) is 0 Å². The van der Waals surface area contributed by atoms with Crippen molar-refractivity contribution >= 4 is 23.4 Å². The van der Waals surface area contributed by atoms with E-state index in [9.17, 15) is 0 Å². The van der Waals surface area contributed by atoms with Gasteiger partial charge in [0.2, 0.25) is 0 Å². The van der Waals surface area contributed by atoms with Crippen molar-refractivity contribution in [1.29, 1.82) is 0 Å². The van der Waals surface area contributed by atoms with Gasteiger partial charge in [-0.15, -0.1) is 0 Å². The molecule has 0 fully saturated rings. The molecule has 0 aliphatic rings. The van der Waals surface area contributed by atoms with Crippen molar-refractivity contribution in [2.75, 3.05) is 0 Å². The van der Waals surface area contributed by atoms with E-state index in [4.69, 9.17) is 16.0 Å². The average molecular weight is 297 g/mol. The van der Waals surface area contributed by atoms with E-state index in [0.717, 1.165) is 22.0 Å². The van der Waals surface area contributed by atoms with E-state index in [1.807, 2.05) is 18.2 Å². The van der Waals surface area contributed by atoms with Crippen LogP contribution in [0.3, 0.4) is 0 Å². The van der Waals surface area contributed by atoms with Gasteiger partial charge in [0.15, 0.2) is 0 Å². The smallest absolute Gasteiger partial charge is 0.260 e. The van der Waals surface area contributed by atoms with E-state index in [-0.39, 0.29) is 5.54 Å². The number of rotatable bonds is 4. The van der Waals surface area contributed by atoms with E-state index in [0.29, 0.717) is 5.22 Å². The van der Waals surface area contributed by atoms with E-state index in [1.54, 1.807) is 12.5 Å². The second kappa shape index (κ2) is 5.99. The summed E-state index contributed by atoms with van der Waals surface area (Å²) in [7, 11) is 0. The Kier molecular flexibility index (Phi) is 4.55. The van der Waals surface area contributed by atoms with Crippen molar-refractivity contribution in [3.05, 3.63) is 41.2 Å². The molecular formula is C14H17ClN2OS. The van der Waals surface area contributed by atoms with Gasteiger partial charge in [0.1, 0.15) is 6.26 Å². The zero-order chi connectivity index (χ0) is 13.9. The first-order valence-corrected chi connectivity index (χ1v) is 7.24. The van der Waals surface area contributed by atoms with Crippen molar-refractivity contribution in [3.8, 4) is 0 Å². The van der Waals surface area contributed by atoms with E-state index < -0.39 is 0 Å². The lowest BCUT2D eigenvalue weighted by Gasteiger charge is -2.21. The van der Waals surface area contributed by atoms with Gasteiger partial charge in [-0.2, -0.15) is 0 Å². The maximum atomic E-state index is 6.07. The number of oxazole rings is 1. The first kappa shape index (κ1) is 14.4. The van der Waals surface area contributed by atoms with Gasteiger partial charge in [-0.25, -0.2) is 4.98 Å². The zero-order valence-corrected chi connectivity index (χ0v) is 12.8. The maximum absolute atomic E-state index is 6.07. The highest BCUT2D eigenvalue weighted by molar-refractivity contribution is 7.99. The van der Waals surface area contributed by atoms with Gasteiger partial charge in [-0.3, -0.25) is 0 Å². The van der Waals surface area contributed by atoms with Gasteiger partial charge in [-0.05, 0) is 56.3 Å². The predicted octanol–water partition coefficient (Wildman–Crippen LogP) is 4.37. The summed E-state index contributed by atoms with van der Waals surface area (Å²) in [5, 5.41) is 4.84. The fraction of sp³-hybridized carbons (Fsp3) is 0.357. The lowest BCUT2D eigenvalue weighted by atomic mass is 10.1. The largest absolute Gasteiger partial charge is 0.440 e. The van der Waals surface area contributed by atoms with E-state index >= 15 is 0 Å². The number of aromatic nitrogens is 1. The molecule has 0 aliphatic heterocycles. The number of hydrogen-bond donors (Lipinski definition) is 1. The van der Waals surface area contributed by atoms with Gasteiger partial charge >= 0.3 is 0 Å². The average Bonchev–Trinajstić information content (AvgIpc) is 2.81. The number of nitrogens with zero attached hydrogens (tertiary/aromatic N) is 1. The Bertz CT molecular complexity index is 535. The molecule has 0 saturated carbocycles. The Morgan fingerprint density at radius 3 is 2.79 bits per heavy atom. The Morgan fingerprint density at radius 1 is 1.37 bits per heavy atom. The summed E-state index contributed by atoms with van der Waals surface area (Å²) in [5.74, 6) is 0. The zero-order valence-electron chi connectivity index (χ0n) is 11.2. The van der Waals surface area contributed by atoms with Crippen LogP contribution in [-0.2, 0) is 6.54 Å². The standard InChI is InChI=1S/C14H17ClN2OS/c1-14(2,3)17-9-10-8-11(15)4-5-12(10)19-13-16-6-7-18-13/h4-8,17H,9H2,1-3H3. The summed E-state index contributed by atoms with van der Waals surface area (Å²) in [4.78, 5) is 5.23. The van der Waals surface area contributed by atoms with Crippen LogP contribution in [0.15, 0.2) is 45.2 Å². The third kappa shape index (κ3) is 4.56. The first-order valence-electron chi connectivity index (χ1n) is 6.05. The monoisotopic (exact) mass is 296 g/mol. The molecule has 0 unspecified atom stereocenters. The first-order chi connectivity index (χ1) is 8.94. The summed E-state index contributed by atoms with van der Waals surface area (Å²) in [6.07, 6.45) is 3.22. The van der Waals surface area contributed by atoms with Crippen molar-refractivity contribution in [2.24, 2.45) is 0 Å². The van der Waals surface area contributed by atoms with Gasteiger partial charge in [0, 0.05) is 22.0 Å². The molecule has 0 saturated heterocycles. The van der Waals surface area contributed by atoms with Gasteiger partial charge in [0.25, 0.3) is 5.22 Å². The van der Waals surface area contributed by atoms with Crippen LogP contribution in [0.1, 0.15) is 26.3 Å². The normalized spacial score (nSPS) is 11.8. The summed E-state index contributed by atoms with van der Waals surface area (Å²) in [5.41, 5.74) is 1.21. The topological polar surface area (TPSA) is 38.1 Å². The Labute approximate surface area is 122 Å². The van der Waals surface area contributed by atoms with Crippen LogP contribution in [-0.4, -0.2) is 10.5 Å². The minimum atomic E-state index is 0.0627. The molecule has 5 heteroatoms.